The first-order chi connectivity index (χ1) is 14.6. The molecule has 0 aliphatic carbocycles. The molecule has 30 heavy (non-hydrogen) atoms. The Bertz CT molecular complexity index is 1330. The second-order valence-electron chi connectivity index (χ2n) is 7.42. The van der Waals surface area contributed by atoms with E-state index in [1.807, 2.05) is 30.3 Å². The third-order valence-corrected chi connectivity index (χ3v) is 5.34. The summed E-state index contributed by atoms with van der Waals surface area (Å²) in [6.45, 7) is 2.08. The van der Waals surface area contributed by atoms with Crippen LogP contribution in [0.15, 0.2) is 95.4 Å². The smallest absolute Gasteiger partial charge is 0.456 e. The molecule has 1 aromatic heterocycles. The zero-order valence-electron chi connectivity index (χ0n) is 16.5. The lowest BCUT2D eigenvalue weighted by Gasteiger charge is -2.25. The highest BCUT2D eigenvalue weighted by molar-refractivity contribution is 6.58. The zero-order chi connectivity index (χ0) is 20.7. The molecule has 1 heterocycles. The van der Waals surface area contributed by atoms with Gasteiger partial charge in [-0.1, -0.05) is 48.0 Å². The van der Waals surface area contributed by atoms with Crippen molar-refractivity contribution in [1.82, 2.24) is 0 Å². The van der Waals surface area contributed by atoms with Crippen LogP contribution in [0.2, 0.25) is 0 Å². The summed E-state index contributed by atoms with van der Waals surface area (Å²) in [7, 11) is -1.52. The van der Waals surface area contributed by atoms with Gasteiger partial charge in [-0.3, -0.25) is 0 Å². The average molecular weight is 393 g/mol. The Labute approximate surface area is 174 Å². The number of benzene rings is 4. The third kappa shape index (κ3) is 3.24. The average Bonchev–Trinajstić information content (AvgIpc) is 3.13. The molecule has 4 nitrogen and oxygen atoms in total. The summed E-state index contributed by atoms with van der Waals surface area (Å²) >= 11 is 0. The van der Waals surface area contributed by atoms with Gasteiger partial charge in [-0.15, -0.1) is 0 Å². The molecule has 0 amide bonds. The van der Waals surface area contributed by atoms with Crippen molar-refractivity contribution < 1.29 is 14.5 Å². The van der Waals surface area contributed by atoms with Crippen molar-refractivity contribution in [3.8, 4) is 0 Å². The molecule has 0 spiro atoms. The van der Waals surface area contributed by atoms with E-state index in [1.54, 1.807) is 12.1 Å². The second kappa shape index (κ2) is 7.37. The van der Waals surface area contributed by atoms with Crippen LogP contribution in [0.1, 0.15) is 5.56 Å². The Balaban J connectivity index is 1.67. The molecule has 5 rings (SSSR count). The number of para-hydroxylation sites is 1. The third-order valence-electron chi connectivity index (χ3n) is 5.34. The Kier molecular flexibility index (Phi) is 4.54. The molecule has 0 saturated carbocycles. The maximum Gasteiger partial charge on any atom is 0.488 e. The molecule has 4 aromatic carbocycles. The molecular weight excluding hydrogens is 373 g/mol. The molecular formula is C25H20BNO3. The zero-order valence-corrected chi connectivity index (χ0v) is 16.5. The van der Waals surface area contributed by atoms with Crippen molar-refractivity contribution in [2.45, 2.75) is 6.92 Å². The summed E-state index contributed by atoms with van der Waals surface area (Å²) in [6, 6.07) is 30.1. The maximum atomic E-state index is 9.45. The van der Waals surface area contributed by atoms with Gasteiger partial charge < -0.3 is 19.4 Å². The van der Waals surface area contributed by atoms with Crippen molar-refractivity contribution in [2.75, 3.05) is 4.90 Å². The summed E-state index contributed by atoms with van der Waals surface area (Å²) < 4.78 is 6.08. The van der Waals surface area contributed by atoms with Gasteiger partial charge in [0.2, 0.25) is 0 Å². The Morgan fingerprint density at radius 3 is 1.97 bits per heavy atom. The van der Waals surface area contributed by atoms with E-state index in [0.29, 0.717) is 11.0 Å². The lowest BCUT2D eigenvalue weighted by Crippen LogP contribution is -2.29. The quantitative estimate of drug-likeness (QED) is 0.420. The van der Waals surface area contributed by atoms with Crippen molar-refractivity contribution >= 4 is 51.6 Å². The fraction of sp³-hybridized carbons (Fsp3) is 0.0400. The van der Waals surface area contributed by atoms with Gasteiger partial charge in [-0.05, 0) is 54.9 Å². The van der Waals surface area contributed by atoms with E-state index in [9.17, 15) is 10.0 Å². The highest BCUT2D eigenvalue weighted by atomic mass is 16.4. The molecule has 0 unspecified atom stereocenters. The van der Waals surface area contributed by atoms with Gasteiger partial charge in [0.25, 0.3) is 0 Å². The van der Waals surface area contributed by atoms with Crippen LogP contribution in [-0.2, 0) is 0 Å². The fourth-order valence-corrected chi connectivity index (χ4v) is 3.80. The second-order valence-corrected chi connectivity index (χ2v) is 7.42. The highest BCUT2D eigenvalue weighted by Gasteiger charge is 2.17. The van der Waals surface area contributed by atoms with Crippen LogP contribution in [0.25, 0.3) is 21.9 Å². The standard InChI is InChI=1S/C25H20BNO3/c1-17-7-10-20(11-8-17)27(19-5-3-2-4-6-19)21-12-14-23-22-13-9-18(26(28)29)15-24(22)30-25(23)16-21/h2-16,28-29H,1H3. The summed E-state index contributed by atoms with van der Waals surface area (Å²) in [5.41, 5.74) is 6.11. The summed E-state index contributed by atoms with van der Waals surface area (Å²) in [5, 5.41) is 20.8. The number of aryl methyl sites for hydroxylation is 1. The number of nitrogens with zero attached hydrogens (tertiary/aromatic N) is 1. The molecule has 0 saturated heterocycles. The Hall–Kier alpha value is -3.54. The normalized spacial score (nSPS) is 11.2. The van der Waals surface area contributed by atoms with Crippen molar-refractivity contribution in [3.63, 3.8) is 0 Å². The first-order valence-electron chi connectivity index (χ1n) is 9.84. The first-order valence-corrected chi connectivity index (χ1v) is 9.84. The fourth-order valence-electron chi connectivity index (χ4n) is 3.80. The molecule has 0 radical (unpaired) electrons. The summed E-state index contributed by atoms with van der Waals surface area (Å²) in [6.07, 6.45) is 0. The molecule has 0 aliphatic heterocycles. The number of hydrogen-bond acceptors (Lipinski definition) is 4. The van der Waals surface area contributed by atoms with Gasteiger partial charge in [0.1, 0.15) is 11.2 Å². The predicted molar refractivity (Wildman–Crippen MR) is 123 cm³/mol. The van der Waals surface area contributed by atoms with Crippen LogP contribution in [0.4, 0.5) is 17.1 Å². The van der Waals surface area contributed by atoms with Crippen LogP contribution >= 0.6 is 0 Å². The minimum absolute atomic E-state index is 0.410. The molecule has 5 aromatic rings. The summed E-state index contributed by atoms with van der Waals surface area (Å²) in [4.78, 5) is 2.19. The number of rotatable bonds is 4. The van der Waals surface area contributed by atoms with Crippen molar-refractivity contribution in [2.24, 2.45) is 0 Å². The van der Waals surface area contributed by atoms with Gasteiger partial charge in [0, 0.05) is 33.9 Å². The van der Waals surface area contributed by atoms with E-state index >= 15 is 0 Å². The van der Waals surface area contributed by atoms with E-state index in [4.69, 9.17) is 4.42 Å². The lowest BCUT2D eigenvalue weighted by atomic mass is 9.80. The van der Waals surface area contributed by atoms with Crippen molar-refractivity contribution in [3.05, 3.63) is 96.6 Å². The molecule has 0 aliphatic rings. The van der Waals surface area contributed by atoms with E-state index in [2.05, 4.69) is 60.4 Å². The van der Waals surface area contributed by atoms with E-state index in [0.717, 1.165) is 33.4 Å². The molecule has 146 valence electrons. The van der Waals surface area contributed by atoms with E-state index in [1.165, 1.54) is 5.56 Å². The van der Waals surface area contributed by atoms with Gasteiger partial charge in [-0.25, -0.2) is 0 Å². The molecule has 0 bridgehead atoms. The van der Waals surface area contributed by atoms with Crippen LogP contribution in [0.5, 0.6) is 0 Å². The minimum Gasteiger partial charge on any atom is -0.456 e. The Morgan fingerprint density at radius 2 is 1.27 bits per heavy atom. The lowest BCUT2D eigenvalue weighted by molar-refractivity contribution is 0.425. The number of anilines is 3. The number of furan rings is 1. The van der Waals surface area contributed by atoms with Crippen LogP contribution < -0.4 is 10.4 Å². The Morgan fingerprint density at radius 1 is 0.667 bits per heavy atom. The van der Waals surface area contributed by atoms with Gasteiger partial charge in [0.05, 0.1) is 0 Å². The van der Waals surface area contributed by atoms with Gasteiger partial charge >= 0.3 is 7.12 Å². The molecule has 0 atom stereocenters. The van der Waals surface area contributed by atoms with Gasteiger partial charge in [0.15, 0.2) is 0 Å². The van der Waals surface area contributed by atoms with Crippen LogP contribution in [0.3, 0.4) is 0 Å². The maximum absolute atomic E-state index is 9.45. The molecule has 0 fully saturated rings. The van der Waals surface area contributed by atoms with E-state index < -0.39 is 7.12 Å². The molecule has 2 N–H and O–H groups in total. The number of hydrogen-bond donors (Lipinski definition) is 2. The topological polar surface area (TPSA) is 56.8 Å². The monoisotopic (exact) mass is 393 g/mol. The SMILES string of the molecule is Cc1ccc(N(c2ccccc2)c2ccc3c(c2)oc2cc(B(O)O)ccc23)cc1. The largest absolute Gasteiger partial charge is 0.488 e. The highest BCUT2D eigenvalue weighted by Crippen LogP contribution is 2.38. The molecule has 5 heteroatoms. The summed E-state index contributed by atoms with van der Waals surface area (Å²) in [5.74, 6) is 0. The number of fused-ring (bicyclic) bond motifs is 3. The minimum atomic E-state index is -1.52. The van der Waals surface area contributed by atoms with Gasteiger partial charge in [-0.2, -0.15) is 0 Å². The van der Waals surface area contributed by atoms with Crippen LogP contribution in [0, 0.1) is 6.92 Å². The predicted octanol–water partition coefficient (Wildman–Crippen LogP) is 5.04. The first kappa shape index (κ1) is 18.5. The van der Waals surface area contributed by atoms with Crippen molar-refractivity contribution in [1.29, 1.82) is 0 Å². The van der Waals surface area contributed by atoms with Crippen LogP contribution in [-0.4, -0.2) is 17.2 Å². The van der Waals surface area contributed by atoms with E-state index in [-0.39, 0.29) is 0 Å².